The molecule has 1 unspecified atom stereocenters. The molecule has 136 valence electrons. The van der Waals surface area contributed by atoms with E-state index in [2.05, 4.69) is 5.32 Å². The smallest absolute Gasteiger partial charge is 0.227 e. The number of nitrogens with zero attached hydrogens (tertiary/aromatic N) is 1. The van der Waals surface area contributed by atoms with Crippen LogP contribution in [0.15, 0.2) is 42.5 Å². The highest BCUT2D eigenvalue weighted by Gasteiger charge is 2.35. The average molecular weight is 395 g/mol. The Bertz CT molecular complexity index is 827. The standard InChI is InChI=1S/C19H17Cl2FN2O2/c20-16-6-5-15(10-17(16)21)24-11-13(9-18(24)25)19(26)23-8-7-12-1-3-14(22)4-2-12/h1-6,10,13H,7-9,11H2,(H,23,26). The Hall–Kier alpha value is -2.11. The van der Waals surface area contributed by atoms with Gasteiger partial charge in [-0.15, -0.1) is 0 Å². The molecule has 0 spiro atoms. The number of anilines is 1. The maximum Gasteiger partial charge on any atom is 0.227 e. The third-order valence-electron chi connectivity index (χ3n) is 4.34. The van der Waals surface area contributed by atoms with E-state index in [9.17, 15) is 14.0 Å². The molecular formula is C19H17Cl2FN2O2. The minimum atomic E-state index is -0.412. The molecule has 0 aromatic heterocycles. The number of hydrogen-bond acceptors (Lipinski definition) is 2. The summed E-state index contributed by atoms with van der Waals surface area (Å²) in [4.78, 5) is 26.1. The van der Waals surface area contributed by atoms with E-state index in [-0.39, 0.29) is 24.1 Å². The monoisotopic (exact) mass is 394 g/mol. The third-order valence-corrected chi connectivity index (χ3v) is 5.08. The van der Waals surface area contributed by atoms with Crippen molar-refractivity contribution in [3.63, 3.8) is 0 Å². The van der Waals surface area contributed by atoms with Gasteiger partial charge in [-0.25, -0.2) is 4.39 Å². The van der Waals surface area contributed by atoms with E-state index in [0.29, 0.717) is 35.2 Å². The van der Waals surface area contributed by atoms with Gasteiger partial charge in [0.1, 0.15) is 5.82 Å². The second-order valence-corrected chi connectivity index (χ2v) is 6.99. The molecule has 2 aromatic rings. The van der Waals surface area contributed by atoms with Gasteiger partial charge in [-0.05, 0) is 42.3 Å². The van der Waals surface area contributed by atoms with E-state index in [1.807, 2.05) is 0 Å². The second kappa shape index (κ2) is 8.06. The molecule has 1 N–H and O–H groups in total. The highest BCUT2D eigenvalue weighted by molar-refractivity contribution is 6.42. The minimum absolute atomic E-state index is 0.123. The van der Waals surface area contributed by atoms with Crippen molar-refractivity contribution in [1.82, 2.24) is 5.32 Å². The van der Waals surface area contributed by atoms with Gasteiger partial charge in [-0.3, -0.25) is 9.59 Å². The molecule has 1 saturated heterocycles. The summed E-state index contributed by atoms with van der Waals surface area (Å²) in [6.07, 6.45) is 0.756. The molecule has 7 heteroatoms. The predicted octanol–water partition coefficient (Wildman–Crippen LogP) is 3.84. The van der Waals surface area contributed by atoms with Crippen molar-refractivity contribution in [3.8, 4) is 0 Å². The zero-order valence-electron chi connectivity index (χ0n) is 13.8. The van der Waals surface area contributed by atoms with Crippen molar-refractivity contribution in [2.45, 2.75) is 12.8 Å². The Balaban J connectivity index is 1.54. The van der Waals surface area contributed by atoms with Crippen LogP contribution in [0.2, 0.25) is 10.0 Å². The van der Waals surface area contributed by atoms with Gasteiger partial charge in [0.2, 0.25) is 11.8 Å². The lowest BCUT2D eigenvalue weighted by atomic mass is 10.1. The molecule has 1 fully saturated rings. The van der Waals surface area contributed by atoms with Crippen LogP contribution in [0.1, 0.15) is 12.0 Å². The Morgan fingerprint density at radius 1 is 1.15 bits per heavy atom. The maximum atomic E-state index is 12.9. The van der Waals surface area contributed by atoms with Gasteiger partial charge < -0.3 is 10.2 Å². The molecule has 2 aromatic carbocycles. The van der Waals surface area contributed by atoms with Crippen LogP contribution >= 0.6 is 23.2 Å². The van der Waals surface area contributed by atoms with Gasteiger partial charge in [0.25, 0.3) is 0 Å². The fourth-order valence-electron chi connectivity index (χ4n) is 2.91. The van der Waals surface area contributed by atoms with Crippen LogP contribution in [0.5, 0.6) is 0 Å². The van der Waals surface area contributed by atoms with Crippen LogP contribution in [0.25, 0.3) is 0 Å². The zero-order chi connectivity index (χ0) is 18.7. The van der Waals surface area contributed by atoms with Crippen LogP contribution in [0, 0.1) is 11.7 Å². The molecule has 0 radical (unpaired) electrons. The molecule has 2 amide bonds. The summed E-state index contributed by atoms with van der Waals surface area (Å²) in [5.41, 5.74) is 1.57. The highest BCUT2D eigenvalue weighted by atomic mass is 35.5. The largest absolute Gasteiger partial charge is 0.355 e. The number of amides is 2. The van der Waals surface area contributed by atoms with Crippen molar-refractivity contribution in [1.29, 1.82) is 0 Å². The molecule has 0 bridgehead atoms. The van der Waals surface area contributed by atoms with Gasteiger partial charge in [0, 0.05) is 25.2 Å². The quantitative estimate of drug-likeness (QED) is 0.837. The van der Waals surface area contributed by atoms with E-state index in [4.69, 9.17) is 23.2 Å². The van der Waals surface area contributed by atoms with Gasteiger partial charge in [0.05, 0.1) is 16.0 Å². The summed E-state index contributed by atoms with van der Waals surface area (Å²) >= 11 is 11.9. The number of benzene rings is 2. The number of halogens is 3. The zero-order valence-corrected chi connectivity index (χ0v) is 15.4. The van der Waals surface area contributed by atoms with Crippen LogP contribution in [0.3, 0.4) is 0 Å². The predicted molar refractivity (Wildman–Crippen MR) is 100 cm³/mol. The van der Waals surface area contributed by atoms with E-state index in [1.165, 1.54) is 12.1 Å². The normalized spacial score (nSPS) is 16.8. The first-order valence-corrected chi connectivity index (χ1v) is 8.97. The molecule has 1 heterocycles. The molecule has 1 aliphatic heterocycles. The summed E-state index contributed by atoms with van der Waals surface area (Å²) in [7, 11) is 0. The first-order chi connectivity index (χ1) is 12.4. The van der Waals surface area contributed by atoms with Crippen LogP contribution in [-0.2, 0) is 16.0 Å². The van der Waals surface area contributed by atoms with Crippen molar-refractivity contribution in [3.05, 3.63) is 63.9 Å². The van der Waals surface area contributed by atoms with E-state index in [0.717, 1.165) is 5.56 Å². The summed E-state index contributed by atoms with van der Waals surface area (Å²) in [6, 6.07) is 11.1. The van der Waals surface area contributed by atoms with E-state index >= 15 is 0 Å². The molecule has 0 aliphatic carbocycles. The maximum absolute atomic E-state index is 12.9. The second-order valence-electron chi connectivity index (χ2n) is 6.17. The van der Waals surface area contributed by atoms with Crippen molar-refractivity contribution in [2.24, 2.45) is 5.92 Å². The lowest BCUT2D eigenvalue weighted by Gasteiger charge is -2.17. The SMILES string of the molecule is O=C(NCCc1ccc(F)cc1)C1CC(=O)N(c2ccc(Cl)c(Cl)c2)C1. The highest BCUT2D eigenvalue weighted by Crippen LogP contribution is 2.31. The Labute approximate surface area is 160 Å². The molecular weight excluding hydrogens is 378 g/mol. The molecule has 0 saturated carbocycles. The van der Waals surface area contributed by atoms with Crippen molar-refractivity contribution in [2.75, 3.05) is 18.0 Å². The Morgan fingerprint density at radius 2 is 1.88 bits per heavy atom. The van der Waals surface area contributed by atoms with Gasteiger partial charge in [-0.2, -0.15) is 0 Å². The van der Waals surface area contributed by atoms with Gasteiger partial charge >= 0.3 is 0 Å². The topological polar surface area (TPSA) is 49.4 Å². The van der Waals surface area contributed by atoms with E-state index in [1.54, 1.807) is 35.2 Å². The molecule has 4 nitrogen and oxygen atoms in total. The molecule has 26 heavy (non-hydrogen) atoms. The van der Waals surface area contributed by atoms with Gasteiger partial charge in [0.15, 0.2) is 0 Å². The summed E-state index contributed by atoms with van der Waals surface area (Å²) in [5.74, 6) is -0.986. The Kier molecular flexibility index (Phi) is 5.79. The molecule has 1 atom stereocenters. The average Bonchev–Trinajstić information content (AvgIpc) is 3.01. The van der Waals surface area contributed by atoms with Crippen molar-refractivity contribution >= 4 is 40.7 Å². The first kappa shape index (κ1) is 18.7. The summed E-state index contributed by atoms with van der Waals surface area (Å²) in [5, 5.41) is 3.62. The fourth-order valence-corrected chi connectivity index (χ4v) is 3.20. The Morgan fingerprint density at radius 3 is 2.58 bits per heavy atom. The number of hydrogen-bond donors (Lipinski definition) is 1. The summed E-state index contributed by atoms with van der Waals surface area (Å²) in [6.45, 7) is 0.737. The van der Waals surface area contributed by atoms with Crippen LogP contribution in [-0.4, -0.2) is 24.9 Å². The molecule has 1 aliphatic rings. The first-order valence-electron chi connectivity index (χ1n) is 8.21. The fraction of sp³-hybridized carbons (Fsp3) is 0.263. The number of rotatable bonds is 5. The van der Waals surface area contributed by atoms with Gasteiger partial charge in [-0.1, -0.05) is 35.3 Å². The number of nitrogens with one attached hydrogen (secondary N) is 1. The minimum Gasteiger partial charge on any atom is -0.355 e. The van der Waals surface area contributed by atoms with E-state index < -0.39 is 5.92 Å². The third kappa shape index (κ3) is 4.34. The lowest BCUT2D eigenvalue weighted by molar-refractivity contribution is -0.126. The van der Waals surface area contributed by atoms with Crippen molar-refractivity contribution < 1.29 is 14.0 Å². The van der Waals surface area contributed by atoms with Crippen LogP contribution in [0.4, 0.5) is 10.1 Å². The molecule has 3 rings (SSSR count). The van der Waals surface area contributed by atoms with Crippen LogP contribution < -0.4 is 10.2 Å². The summed E-state index contributed by atoms with van der Waals surface area (Å²) < 4.78 is 12.9. The number of carbonyl (C=O) groups is 2. The number of carbonyl (C=O) groups excluding carboxylic acids is 2. The lowest BCUT2D eigenvalue weighted by Crippen LogP contribution is -2.34.